The van der Waals surface area contributed by atoms with E-state index in [9.17, 15) is 14.4 Å². The predicted octanol–water partition coefficient (Wildman–Crippen LogP) is 3.30. The number of aryl methyl sites for hydroxylation is 1. The molecule has 0 amide bonds. The molecule has 0 N–H and O–H groups in total. The Hall–Kier alpha value is -3.22. The average Bonchev–Trinajstić information content (AvgIpc) is 2.77. The molecule has 0 aromatic heterocycles. The molecule has 2 aromatic carbocycles. The average molecular weight is 501 g/mol. The summed E-state index contributed by atoms with van der Waals surface area (Å²) in [6.07, 6.45) is 2.17. The largest absolute Gasteiger partial charge is 0.705 e. The van der Waals surface area contributed by atoms with E-state index >= 15 is 0 Å². The van der Waals surface area contributed by atoms with Crippen molar-refractivity contribution in [2.24, 2.45) is 0 Å². The summed E-state index contributed by atoms with van der Waals surface area (Å²) < 4.78 is 28.5. The third-order valence-electron chi connectivity index (χ3n) is 5.10. The van der Waals surface area contributed by atoms with E-state index in [1.54, 1.807) is 0 Å². The molecule has 0 spiro atoms. The van der Waals surface area contributed by atoms with Gasteiger partial charge >= 0.3 is 17.4 Å². The second kappa shape index (κ2) is 10.8. The van der Waals surface area contributed by atoms with E-state index in [0.29, 0.717) is 19.1 Å². The lowest BCUT2D eigenvalue weighted by Gasteiger charge is -2.36. The lowest BCUT2D eigenvalue weighted by Crippen LogP contribution is -2.57. The molecule has 3 rings (SSSR count). The van der Waals surface area contributed by atoms with Crippen molar-refractivity contribution in [1.82, 2.24) is 0 Å². The summed E-state index contributed by atoms with van der Waals surface area (Å²) >= 11 is 0. The quantitative estimate of drug-likeness (QED) is 0.382. The van der Waals surface area contributed by atoms with Gasteiger partial charge in [0.15, 0.2) is 0 Å². The molecule has 1 aliphatic heterocycles. The van der Waals surface area contributed by atoms with Gasteiger partial charge in [0.1, 0.15) is 5.75 Å². The molecule has 1 aliphatic rings. The first kappa shape index (κ1) is 25.4. The summed E-state index contributed by atoms with van der Waals surface area (Å²) in [5.41, 5.74) is 1.74. The number of carbonyl (C=O) groups excluding carboxylic acids is 3. The van der Waals surface area contributed by atoms with Gasteiger partial charge in [-0.25, -0.2) is 0 Å². The topological polar surface area (TPSA) is 97.4 Å². The van der Waals surface area contributed by atoms with Gasteiger partial charge in [0.05, 0.1) is 12.7 Å². The van der Waals surface area contributed by atoms with Crippen molar-refractivity contribution >= 4 is 40.5 Å². The first-order valence-electron chi connectivity index (χ1n) is 10.9. The van der Waals surface area contributed by atoms with Gasteiger partial charge in [0.25, 0.3) is 17.9 Å². The number of fused-ring (bicyclic) bond motifs is 1. The van der Waals surface area contributed by atoms with Crippen LogP contribution in [-0.2, 0) is 45.1 Å². The van der Waals surface area contributed by atoms with Crippen LogP contribution in [0.2, 0.25) is 12.1 Å². The zero-order valence-electron chi connectivity index (χ0n) is 19.5. The fraction of sp³-hybridized carbons (Fsp3) is 0.292. The molecule has 0 aliphatic carbocycles. The van der Waals surface area contributed by atoms with Crippen LogP contribution < -0.4 is 9.61 Å². The molecule has 180 valence electrons. The summed E-state index contributed by atoms with van der Waals surface area (Å²) in [5.74, 6) is -1.32. The van der Waals surface area contributed by atoms with Crippen molar-refractivity contribution in [3.63, 3.8) is 0 Å². The van der Waals surface area contributed by atoms with Crippen molar-refractivity contribution in [3.05, 3.63) is 72.3 Å². The predicted molar refractivity (Wildman–Crippen MR) is 128 cm³/mol. The number of allylic oxidation sites excluding steroid dienone is 1. The number of rotatable bonds is 9. The normalized spacial score (nSPS) is 17.0. The van der Waals surface area contributed by atoms with Gasteiger partial charge in [-0.2, -0.15) is 0 Å². The van der Waals surface area contributed by atoms with Crippen molar-refractivity contribution in [2.75, 3.05) is 0 Å². The van der Waals surface area contributed by atoms with Gasteiger partial charge in [-0.3, -0.25) is 14.4 Å². The van der Waals surface area contributed by atoms with Crippen LogP contribution in [0.1, 0.15) is 31.9 Å². The van der Waals surface area contributed by atoms with Crippen molar-refractivity contribution in [1.29, 1.82) is 0 Å². The molecule has 0 saturated heterocycles. The zero-order chi connectivity index (χ0) is 24.8. The molecule has 1 unspecified atom stereocenters. The van der Waals surface area contributed by atoms with Crippen molar-refractivity contribution < 1.29 is 36.5 Å². The molecule has 0 radical (unpaired) electrons. The highest BCUT2D eigenvalue weighted by molar-refractivity contribution is 6.82. The van der Waals surface area contributed by atoms with Gasteiger partial charge in [0, 0.05) is 37.6 Å². The molecule has 8 nitrogen and oxygen atoms in total. The monoisotopic (exact) mass is 500 g/mol. The molecular weight excluding hydrogens is 472 g/mol. The first-order chi connectivity index (χ1) is 16.2. The fourth-order valence-corrected chi connectivity index (χ4v) is 8.96. The Morgan fingerprint density at radius 1 is 1.00 bits per heavy atom. The molecule has 2 aromatic rings. The number of benzene rings is 2. The first-order valence-corrected chi connectivity index (χ1v) is 14.8. The third kappa shape index (κ3) is 6.22. The van der Waals surface area contributed by atoms with Gasteiger partial charge in [-0.05, 0) is 24.1 Å². The van der Waals surface area contributed by atoms with Crippen molar-refractivity contribution in [2.45, 2.75) is 45.9 Å². The second-order valence-corrected chi connectivity index (χ2v) is 13.4. The van der Waals surface area contributed by atoms with Gasteiger partial charge in [0.2, 0.25) is 0 Å². The van der Waals surface area contributed by atoms with E-state index in [2.05, 4.69) is 6.58 Å². The van der Waals surface area contributed by atoms with Crippen molar-refractivity contribution in [3.8, 4) is 5.75 Å². The van der Waals surface area contributed by atoms with Gasteiger partial charge in [-0.1, -0.05) is 42.5 Å². The maximum absolute atomic E-state index is 11.7. The molecule has 34 heavy (non-hydrogen) atoms. The van der Waals surface area contributed by atoms with Crippen LogP contribution in [0.15, 0.2) is 61.2 Å². The summed E-state index contributed by atoms with van der Waals surface area (Å²) in [4.78, 5) is 35.0. The molecule has 10 heteroatoms. The van der Waals surface area contributed by atoms with Gasteiger partial charge in [-0.15, -0.1) is 6.58 Å². The van der Waals surface area contributed by atoms with Crippen LogP contribution in [0, 0.1) is 0 Å². The number of hydrogen-bond donors (Lipinski definition) is 0. The Morgan fingerprint density at radius 3 is 2.18 bits per heavy atom. The highest BCUT2D eigenvalue weighted by atomic mass is 28.4. The van der Waals surface area contributed by atoms with E-state index in [1.807, 2.05) is 54.6 Å². The highest BCUT2D eigenvalue weighted by Gasteiger charge is 2.51. The Bertz CT molecular complexity index is 1030. The minimum atomic E-state index is -3.90. The van der Waals surface area contributed by atoms with Crippen LogP contribution in [0.25, 0.3) is 0 Å². The van der Waals surface area contributed by atoms with Crippen LogP contribution in [0.5, 0.6) is 5.75 Å². The number of carbonyl (C=O) groups is 3. The zero-order valence-corrected chi connectivity index (χ0v) is 21.5. The van der Waals surface area contributed by atoms with E-state index in [-0.39, 0.29) is 6.04 Å². The minimum Gasteiger partial charge on any atom is -0.517 e. The minimum absolute atomic E-state index is 0.0609. The molecule has 0 bridgehead atoms. The summed E-state index contributed by atoms with van der Waals surface area (Å²) in [5, 5.41) is 1.03. The molecule has 0 fully saturated rings. The summed E-state index contributed by atoms with van der Waals surface area (Å²) in [6.45, 7) is 7.77. The molecule has 1 atom stereocenters. The van der Waals surface area contributed by atoms with Gasteiger partial charge < -0.3 is 22.1 Å². The van der Waals surface area contributed by atoms with E-state index < -0.39 is 35.3 Å². The Balaban J connectivity index is 1.82. The Labute approximate surface area is 201 Å². The van der Waals surface area contributed by atoms with Crippen LogP contribution in [0.4, 0.5) is 0 Å². The molecule has 1 heterocycles. The maximum atomic E-state index is 11.7. The van der Waals surface area contributed by atoms with E-state index in [4.69, 9.17) is 22.1 Å². The van der Waals surface area contributed by atoms with Crippen LogP contribution >= 0.6 is 0 Å². The lowest BCUT2D eigenvalue weighted by atomic mass is 10.1. The van der Waals surface area contributed by atoms with E-state index in [0.717, 1.165) is 22.1 Å². The van der Waals surface area contributed by atoms with Crippen LogP contribution in [-0.4, -0.2) is 35.3 Å². The Morgan fingerprint density at radius 2 is 1.62 bits per heavy atom. The third-order valence-corrected chi connectivity index (χ3v) is 11.0. The summed E-state index contributed by atoms with van der Waals surface area (Å²) in [6, 6.07) is 16.3. The smallest absolute Gasteiger partial charge is 0.517 e. The lowest BCUT2D eigenvalue weighted by molar-refractivity contribution is -0.147. The van der Waals surface area contributed by atoms with Crippen LogP contribution in [0.3, 0.4) is 0 Å². The standard InChI is InChI=1S/C24H28O8Si2/c1-5-14-33(23-9-7-6-8-10-23)28-17-22-16-21(11-12-24(22)32-33)13-15-34(29-18(2)25,30-19(3)26)31-20(4)27/h5-12,16H,1,13-15,17H2,2-4H3. The number of hydrogen-bond acceptors (Lipinski definition) is 8. The fourth-order valence-electron chi connectivity index (χ4n) is 3.81. The van der Waals surface area contributed by atoms with E-state index in [1.165, 1.54) is 20.8 Å². The SMILES string of the molecule is C=CC[Si]1(c2ccccc2)OCc2cc(CC[Si](OC(C)=O)(OC(C)=O)OC(C)=O)ccc2O1. The highest BCUT2D eigenvalue weighted by Crippen LogP contribution is 2.33. The Kier molecular flexibility index (Phi) is 8.08. The second-order valence-electron chi connectivity index (χ2n) is 7.91. The summed E-state index contributed by atoms with van der Waals surface area (Å²) in [7, 11) is -6.61. The molecule has 0 saturated carbocycles. The maximum Gasteiger partial charge on any atom is 0.705 e. The molecular formula is C24H28O8Si2.